The summed E-state index contributed by atoms with van der Waals surface area (Å²) >= 11 is 7.59. The Morgan fingerprint density at radius 2 is 2.00 bits per heavy atom. The summed E-state index contributed by atoms with van der Waals surface area (Å²) in [6, 6.07) is 16.0. The lowest BCUT2D eigenvalue weighted by atomic mass is 10.00. The van der Waals surface area contributed by atoms with E-state index in [-0.39, 0.29) is 11.2 Å². The van der Waals surface area contributed by atoms with Gasteiger partial charge in [-0.1, -0.05) is 53.7 Å². The zero-order valence-corrected chi connectivity index (χ0v) is 16.6. The molecule has 1 atom stereocenters. The molecule has 3 aromatic rings. The molecule has 6 heteroatoms. The zero-order chi connectivity index (χ0) is 18.8. The predicted molar refractivity (Wildman–Crippen MR) is 109 cm³/mol. The van der Waals surface area contributed by atoms with Gasteiger partial charge in [0.2, 0.25) is 5.91 Å². The molecule has 1 aliphatic rings. The van der Waals surface area contributed by atoms with Crippen LogP contribution in [0.15, 0.2) is 66.1 Å². The van der Waals surface area contributed by atoms with Gasteiger partial charge in [0.15, 0.2) is 5.16 Å². The lowest BCUT2D eigenvalue weighted by molar-refractivity contribution is -0.131. The summed E-state index contributed by atoms with van der Waals surface area (Å²) in [5.74, 6) is 0.148. The molecule has 0 N–H and O–H groups in total. The number of hydrogen-bond acceptors (Lipinski definition) is 3. The number of aromatic nitrogens is 2. The van der Waals surface area contributed by atoms with E-state index in [1.165, 1.54) is 22.9 Å². The first-order chi connectivity index (χ1) is 13.1. The number of nitrogens with zero attached hydrogens (tertiary/aromatic N) is 3. The van der Waals surface area contributed by atoms with Gasteiger partial charge in [-0.05, 0) is 42.7 Å². The summed E-state index contributed by atoms with van der Waals surface area (Å²) in [5.41, 5.74) is 3.53. The molecule has 0 spiro atoms. The highest BCUT2D eigenvalue weighted by atomic mass is 35.5. The van der Waals surface area contributed by atoms with E-state index in [2.05, 4.69) is 23.2 Å². The number of thioether (sulfide) groups is 1. The molecule has 4 nitrogen and oxygen atoms in total. The van der Waals surface area contributed by atoms with Crippen LogP contribution in [-0.2, 0) is 17.8 Å². The van der Waals surface area contributed by atoms with Gasteiger partial charge < -0.3 is 4.90 Å². The number of rotatable bonds is 4. The van der Waals surface area contributed by atoms with Crippen LogP contribution < -0.4 is 0 Å². The van der Waals surface area contributed by atoms with Crippen LogP contribution in [0.25, 0.3) is 5.69 Å². The lowest BCUT2D eigenvalue weighted by Crippen LogP contribution is -2.40. The minimum atomic E-state index is -0.212. The smallest absolute Gasteiger partial charge is 0.236 e. The maximum Gasteiger partial charge on any atom is 0.236 e. The van der Waals surface area contributed by atoms with Crippen molar-refractivity contribution in [2.75, 3.05) is 6.54 Å². The zero-order valence-electron chi connectivity index (χ0n) is 15.0. The molecule has 2 heterocycles. The Bertz CT molecular complexity index is 971. The summed E-state index contributed by atoms with van der Waals surface area (Å²) in [4.78, 5) is 19.4. The number of benzene rings is 2. The fraction of sp³-hybridized carbons (Fsp3) is 0.238. The molecule has 0 unspecified atom stereocenters. The van der Waals surface area contributed by atoms with Crippen molar-refractivity contribution >= 4 is 29.3 Å². The molecule has 1 aromatic heterocycles. The van der Waals surface area contributed by atoms with Crippen LogP contribution in [0.4, 0.5) is 0 Å². The third-order valence-corrected chi connectivity index (χ3v) is 6.07. The third-order valence-electron chi connectivity index (χ3n) is 4.77. The molecule has 0 saturated heterocycles. The molecule has 0 radical (unpaired) electrons. The van der Waals surface area contributed by atoms with E-state index in [1.54, 1.807) is 6.20 Å². The molecule has 138 valence electrons. The van der Waals surface area contributed by atoms with Gasteiger partial charge in [0, 0.05) is 36.2 Å². The van der Waals surface area contributed by atoms with Crippen LogP contribution in [-0.4, -0.2) is 32.2 Å². The summed E-state index contributed by atoms with van der Waals surface area (Å²) in [6.45, 7) is 3.40. The average molecular weight is 398 g/mol. The van der Waals surface area contributed by atoms with Crippen molar-refractivity contribution < 1.29 is 4.79 Å². The maximum atomic E-state index is 13.0. The SMILES string of the molecule is C[C@H](Sc1nccn1-c1cccc(Cl)c1)C(=O)N1CCc2ccccc2C1. The Balaban J connectivity index is 1.48. The Morgan fingerprint density at radius 3 is 2.81 bits per heavy atom. The predicted octanol–water partition coefficient (Wildman–Crippen LogP) is 4.59. The van der Waals surface area contributed by atoms with Crippen LogP contribution in [0.3, 0.4) is 0 Å². The summed E-state index contributed by atoms with van der Waals surface area (Å²) in [5, 5.41) is 1.25. The number of carbonyl (C=O) groups excluding carboxylic acids is 1. The third kappa shape index (κ3) is 3.89. The Hall–Kier alpha value is -2.24. The summed E-state index contributed by atoms with van der Waals surface area (Å²) < 4.78 is 1.96. The minimum absolute atomic E-state index is 0.148. The van der Waals surface area contributed by atoms with E-state index in [1.807, 2.05) is 52.9 Å². The van der Waals surface area contributed by atoms with Crippen molar-refractivity contribution in [3.8, 4) is 5.69 Å². The van der Waals surface area contributed by atoms with Crippen LogP contribution >= 0.6 is 23.4 Å². The Kier molecular flexibility index (Phi) is 5.23. The molecule has 0 saturated carbocycles. The number of halogens is 1. The maximum absolute atomic E-state index is 13.0. The van der Waals surface area contributed by atoms with E-state index in [0.717, 1.165) is 23.8 Å². The van der Waals surface area contributed by atoms with Gasteiger partial charge in [0.1, 0.15) is 0 Å². The molecule has 1 aliphatic heterocycles. The van der Waals surface area contributed by atoms with Crippen molar-refractivity contribution in [3.05, 3.63) is 77.1 Å². The van der Waals surface area contributed by atoms with Gasteiger partial charge in [0.05, 0.1) is 5.25 Å². The van der Waals surface area contributed by atoms with Gasteiger partial charge in [-0.25, -0.2) is 4.98 Å². The first kappa shape index (κ1) is 18.1. The quantitative estimate of drug-likeness (QED) is 0.604. The van der Waals surface area contributed by atoms with Crippen molar-refractivity contribution in [1.82, 2.24) is 14.5 Å². The average Bonchev–Trinajstić information content (AvgIpc) is 3.15. The Labute approximate surface area is 168 Å². The number of fused-ring (bicyclic) bond motifs is 1. The molecule has 1 amide bonds. The fourth-order valence-corrected chi connectivity index (χ4v) is 4.50. The molecule has 0 fully saturated rings. The Morgan fingerprint density at radius 1 is 1.19 bits per heavy atom. The standard InChI is InChI=1S/C21H20ClN3OS/c1-15(20(26)24-11-9-16-5-2-3-6-17(16)14-24)27-21-23-10-12-25(21)19-8-4-7-18(22)13-19/h2-8,10,12-13,15H,9,11,14H2,1H3/t15-/m0/s1. The second kappa shape index (κ2) is 7.79. The highest BCUT2D eigenvalue weighted by molar-refractivity contribution is 8.00. The highest BCUT2D eigenvalue weighted by Crippen LogP contribution is 2.28. The number of hydrogen-bond donors (Lipinski definition) is 0. The first-order valence-corrected chi connectivity index (χ1v) is 10.2. The molecule has 0 bridgehead atoms. The molecule has 4 rings (SSSR count). The van der Waals surface area contributed by atoms with Crippen molar-refractivity contribution in [2.45, 2.75) is 30.3 Å². The second-order valence-corrected chi connectivity index (χ2v) is 8.34. The van der Waals surface area contributed by atoms with Gasteiger partial charge in [0.25, 0.3) is 0 Å². The van der Waals surface area contributed by atoms with Crippen molar-refractivity contribution in [3.63, 3.8) is 0 Å². The van der Waals surface area contributed by atoms with E-state index in [0.29, 0.717) is 11.6 Å². The first-order valence-electron chi connectivity index (χ1n) is 8.93. The topological polar surface area (TPSA) is 38.1 Å². The van der Waals surface area contributed by atoms with Gasteiger partial charge in [-0.15, -0.1) is 0 Å². The number of amides is 1. The largest absolute Gasteiger partial charge is 0.337 e. The van der Waals surface area contributed by atoms with E-state index < -0.39 is 0 Å². The number of imidazole rings is 1. The molecule has 2 aromatic carbocycles. The van der Waals surface area contributed by atoms with E-state index >= 15 is 0 Å². The highest BCUT2D eigenvalue weighted by Gasteiger charge is 2.26. The van der Waals surface area contributed by atoms with Gasteiger partial charge in [-0.2, -0.15) is 0 Å². The van der Waals surface area contributed by atoms with Crippen molar-refractivity contribution in [1.29, 1.82) is 0 Å². The van der Waals surface area contributed by atoms with Gasteiger partial charge >= 0.3 is 0 Å². The fourth-order valence-electron chi connectivity index (χ4n) is 3.35. The van der Waals surface area contributed by atoms with E-state index in [4.69, 9.17) is 11.6 Å². The van der Waals surface area contributed by atoms with E-state index in [9.17, 15) is 4.79 Å². The summed E-state index contributed by atoms with van der Waals surface area (Å²) in [6.07, 6.45) is 4.55. The van der Waals surface area contributed by atoms with Crippen molar-refractivity contribution in [2.24, 2.45) is 0 Å². The lowest BCUT2D eigenvalue weighted by Gasteiger charge is -2.30. The molecule has 0 aliphatic carbocycles. The van der Waals surface area contributed by atoms with Crippen LogP contribution in [0.1, 0.15) is 18.1 Å². The molecule has 27 heavy (non-hydrogen) atoms. The monoisotopic (exact) mass is 397 g/mol. The number of carbonyl (C=O) groups is 1. The second-order valence-electron chi connectivity index (χ2n) is 6.60. The normalized spacial score (nSPS) is 14.7. The van der Waals surface area contributed by atoms with Gasteiger partial charge in [-0.3, -0.25) is 9.36 Å². The van der Waals surface area contributed by atoms with Crippen LogP contribution in [0.2, 0.25) is 5.02 Å². The molecular weight excluding hydrogens is 378 g/mol. The summed E-state index contributed by atoms with van der Waals surface area (Å²) in [7, 11) is 0. The minimum Gasteiger partial charge on any atom is -0.337 e. The van der Waals surface area contributed by atoms with Crippen LogP contribution in [0, 0.1) is 0 Å². The molecular formula is C21H20ClN3OS. The van der Waals surface area contributed by atoms with Crippen LogP contribution in [0.5, 0.6) is 0 Å².